The molecule has 0 atom stereocenters. The van der Waals surface area contributed by atoms with E-state index in [0.29, 0.717) is 10.7 Å². The average molecular weight is 311 g/mol. The SMILES string of the molecule is [O-]/[N+](=C\c1ccccc1Br)c1ccc(Cl)cc1. The van der Waals surface area contributed by atoms with Crippen molar-refractivity contribution in [3.63, 3.8) is 0 Å². The van der Waals surface area contributed by atoms with Gasteiger partial charge in [0.05, 0.1) is 5.56 Å². The predicted molar refractivity (Wildman–Crippen MR) is 74.0 cm³/mol. The van der Waals surface area contributed by atoms with Gasteiger partial charge in [0.2, 0.25) is 5.69 Å². The molecule has 0 saturated carbocycles. The van der Waals surface area contributed by atoms with Crippen molar-refractivity contribution in [3.8, 4) is 0 Å². The maximum Gasteiger partial charge on any atom is 0.216 e. The number of hydrogen-bond acceptors (Lipinski definition) is 1. The summed E-state index contributed by atoms with van der Waals surface area (Å²) in [6.07, 6.45) is 1.52. The second-order valence-corrected chi connectivity index (χ2v) is 4.74. The minimum absolute atomic E-state index is 0.546. The summed E-state index contributed by atoms with van der Waals surface area (Å²) < 4.78 is 1.70. The maximum absolute atomic E-state index is 11.9. The normalized spacial score (nSPS) is 11.5. The Morgan fingerprint density at radius 1 is 1.06 bits per heavy atom. The summed E-state index contributed by atoms with van der Waals surface area (Å²) >= 11 is 9.15. The van der Waals surface area contributed by atoms with Crippen molar-refractivity contribution < 1.29 is 4.74 Å². The summed E-state index contributed by atoms with van der Waals surface area (Å²) in [5, 5.41) is 12.5. The standard InChI is InChI=1S/C13H9BrClNO/c14-13-4-2-1-3-10(13)9-16(17)12-7-5-11(15)6-8-12/h1-9H/b16-9-. The molecule has 0 unspecified atom stereocenters. The van der Waals surface area contributed by atoms with Crippen molar-refractivity contribution in [2.45, 2.75) is 0 Å². The Morgan fingerprint density at radius 2 is 1.71 bits per heavy atom. The van der Waals surface area contributed by atoms with E-state index in [-0.39, 0.29) is 0 Å². The first-order chi connectivity index (χ1) is 8.16. The maximum atomic E-state index is 11.9. The summed E-state index contributed by atoms with van der Waals surface area (Å²) in [6, 6.07) is 14.3. The zero-order valence-electron chi connectivity index (χ0n) is 8.81. The lowest BCUT2D eigenvalue weighted by Gasteiger charge is -2.03. The molecule has 0 spiro atoms. The molecule has 17 heavy (non-hydrogen) atoms. The highest BCUT2D eigenvalue weighted by Crippen LogP contribution is 2.18. The summed E-state index contributed by atoms with van der Waals surface area (Å²) in [7, 11) is 0. The highest BCUT2D eigenvalue weighted by molar-refractivity contribution is 9.10. The van der Waals surface area contributed by atoms with Gasteiger partial charge in [-0.1, -0.05) is 23.7 Å². The molecule has 2 nitrogen and oxygen atoms in total. The van der Waals surface area contributed by atoms with E-state index in [1.54, 1.807) is 24.3 Å². The van der Waals surface area contributed by atoms with Gasteiger partial charge < -0.3 is 5.21 Å². The third kappa shape index (κ3) is 3.08. The third-order valence-corrected chi connectivity index (χ3v) is 3.22. The number of benzene rings is 2. The minimum atomic E-state index is 0.546. The highest BCUT2D eigenvalue weighted by Gasteiger charge is 2.03. The minimum Gasteiger partial charge on any atom is -0.618 e. The van der Waals surface area contributed by atoms with Gasteiger partial charge in [0.25, 0.3) is 0 Å². The fraction of sp³-hybridized carbons (Fsp3) is 0. The molecule has 2 aromatic rings. The van der Waals surface area contributed by atoms with E-state index in [4.69, 9.17) is 11.6 Å². The van der Waals surface area contributed by atoms with Crippen LogP contribution in [0.3, 0.4) is 0 Å². The van der Waals surface area contributed by atoms with Crippen LogP contribution in [0.2, 0.25) is 5.02 Å². The Labute approximate surface area is 113 Å². The van der Waals surface area contributed by atoms with Gasteiger partial charge in [-0.25, -0.2) is 0 Å². The third-order valence-electron chi connectivity index (χ3n) is 2.24. The van der Waals surface area contributed by atoms with Crippen LogP contribution in [-0.4, -0.2) is 11.0 Å². The van der Waals surface area contributed by atoms with Crippen molar-refractivity contribution in [2.24, 2.45) is 0 Å². The van der Waals surface area contributed by atoms with Gasteiger partial charge in [-0.05, 0) is 40.2 Å². The lowest BCUT2D eigenvalue weighted by molar-refractivity contribution is -0.354. The quantitative estimate of drug-likeness (QED) is 0.350. The van der Waals surface area contributed by atoms with Crippen LogP contribution in [-0.2, 0) is 0 Å². The van der Waals surface area contributed by atoms with Crippen molar-refractivity contribution >= 4 is 39.4 Å². The molecule has 0 aliphatic rings. The molecule has 2 aromatic carbocycles. The van der Waals surface area contributed by atoms with Crippen molar-refractivity contribution in [1.82, 2.24) is 0 Å². The van der Waals surface area contributed by atoms with E-state index >= 15 is 0 Å². The summed E-state index contributed by atoms with van der Waals surface area (Å²) in [4.78, 5) is 0. The lowest BCUT2D eigenvalue weighted by Crippen LogP contribution is -1.99. The van der Waals surface area contributed by atoms with Crippen molar-refractivity contribution in [2.75, 3.05) is 0 Å². The monoisotopic (exact) mass is 309 g/mol. The zero-order valence-corrected chi connectivity index (χ0v) is 11.1. The van der Waals surface area contributed by atoms with E-state index in [1.807, 2.05) is 24.3 Å². The molecular weight excluding hydrogens is 302 g/mol. The van der Waals surface area contributed by atoms with Crippen LogP contribution in [0.5, 0.6) is 0 Å². The van der Waals surface area contributed by atoms with Gasteiger partial charge in [0, 0.05) is 21.6 Å². The molecule has 0 bridgehead atoms. The second-order valence-electron chi connectivity index (χ2n) is 3.45. The Bertz CT molecular complexity index is 552. The molecule has 0 heterocycles. The fourth-order valence-corrected chi connectivity index (χ4v) is 1.88. The molecule has 4 heteroatoms. The van der Waals surface area contributed by atoms with Gasteiger partial charge in [-0.3, -0.25) is 0 Å². The zero-order chi connectivity index (χ0) is 12.3. The Balaban J connectivity index is 2.34. The Hall–Kier alpha value is -1.32. The Kier molecular flexibility index (Phi) is 3.82. The van der Waals surface area contributed by atoms with Crippen LogP contribution in [0.25, 0.3) is 0 Å². The van der Waals surface area contributed by atoms with Gasteiger partial charge in [0.15, 0.2) is 6.21 Å². The van der Waals surface area contributed by atoms with Crippen LogP contribution in [0.15, 0.2) is 53.0 Å². The largest absolute Gasteiger partial charge is 0.618 e. The number of hydrogen-bond donors (Lipinski definition) is 0. The molecule has 0 saturated heterocycles. The lowest BCUT2D eigenvalue weighted by atomic mass is 10.2. The predicted octanol–water partition coefficient (Wildman–Crippen LogP) is 4.36. The van der Waals surface area contributed by atoms with Gasteiger partial charge >= 0.3 is 0 Å². The number of halogens is 2. The molecule has 0 aliphatic heterocycles. The molecule has 0 aromatic heterocycles. The van der Waals surface area contributed by atoms with Crippen LogP contribution < -0.4 is 0 Å². The molecule has 0 aliphatic carbocycles. The first-order valence-corrected chi connectivity index (χ1v) is 6.15. The molecular formula is C13H9BrClNO. The topological polar surface area (TPSA) is 26.1 Å². The first kappa shape index (κ1) is 12.1. The summed E-state index contributed by atoms with van der Waals surface area (Å²) in [6.45, 7) is 0. The van der Waals surface area contributed by atoms with Crippen LogP contribution in [0.1, 0.15) is 5.56 Å². The summed E-state index contributed by atoms with van der Waals surface area (Å²) in [5.41, 5.74) is 1.38. The molecule has 2 rings (SSSR count). The smallest absolute Gasteiger partial charge is 0.216 e. The summed E-state index contributed by atoms with van der Waals surface area (Å²) in [5.74, 6) is 0. The molecule has 86 valence electrons. The van der Waals surface area contributed by atoms with E-state index in [0.717, 1.165) is 14.8 Å². The van der Waals surface area contributed by atoms with Crippen LogP contribution >= 0.6 is 27.5 Å². The molecule has 0 radical (unpaired) electrons. The van der Waals surface area contributed by atoms with E-state index in [9.17, 15) is 5.21 Å². The molecule has 0 fully saturated rings. The van der Waals surface area contributed by atoms with E-state index in [1.165, 1.54) is 6.21 Å². The fourth-order valence-electron chi connectivity index (χ4n) is 1.37. The average Bonchev–Trinajstić information content (AvgIpc) is 2.33. The molecule has 0 N–H and O–H groups in total. The second kappa shape index (κ2) is 5.34. The van der Waals surface area contributed by atoms with Crippen LogP contribution in [0, 0.1) is 5.21 Å². The van der Waals surface area contributed by atoms with E-state index in [2.05, 4.69) is 15.9 Å². The van der Waals surface area contributed by atoms with Gasteiger partial charge in [0.1, 0.15) is 0 Å². The van der Waals surface area contributed by atoms with Crippen molar-refractivity contribution in [3.05, 3.63) is 68.8 Å². The van der Waals surface area contributed by atoms with Gasteiger partial charge in [-0.2, -0.15) is 4.74 Å². The highest BCUT2D eigenvalue weighted by atomic mass is 79.9. The van der Waals surface area contributed by atoms with Gasteiger partial charge in [-0.15, -0.1) is 0 Å². The number of rotatable bonds is 2. The molecule has 0 amide bonds. The van der Waals surface area contributed by atoms with Crippen molar-refractivity contribution in [1.29, 1.82) is 0 Å². The number of nitrogens with zero attached hydrogens (tertiary/aromatic N) is 1. The van der Waals surface area contributed by atoms with E-state index < -0.39 is 0 Å². The Morgan fingerprint density at radius 3 is 2.35 bits per heavy atom. The van der Waals surface area contributed by atoms with Crippen LogP contribution in [0.4, 0.5) is 5.69 Å². The first-order valence-electron chi connectivity index (χ1n) is 4.98.